The predicted octanol–water partition coefficient (Wildman–Crippen LogP) is 3.60. The highest BCUT2D eigenvalue weighted by Crippen LogP contribution is 2.23. The number of hydrogen-bond donors (Lipinski definition) is 1. The molecule has 27 heavy (non-hydrogen) atoms. The van der Waals surface area contributed by atoms with E-state index in [1.165, 1.54) is 16.0 Å². The summed E-state index contributed by atoms with van der Waals surface area (Å²) >= 11 is 7.64. The first-order chi connectivity index (χ1) is 12.2. The molecule has 1 N–H and O–H groups in total. The lowest BCUT2D eigenvalue weighted by Crippen LogP contribution is -2.55. The second-order valence-corrected chi connectivity index (χ2v) is 8.51. The smallest absolute Gasteiger partial charge is 0.240 e. The van der Waals surface area contributed by atoms with Gasteiger partial charge < -0.3 is 10.2 Å². The van der Waals surface area contributed by atoms with Gasteiger partial charge in [-0.1, -0.05) is 35.9 Å². The molecule has 2 aliphatic heterocycles. The summed E-state index contributed by atoms with van der Waals surface area (Å²) in [4.78, 5) is 18.6. The molecule has 2 aromatic rings. The van der Waals surface area contributed by atoms with Gasteiger partial charge in [0, 0.05) is 44.1 Å². The molecule has 8 heteroatoms. The molecule has 1 unspecified atom stereocenters. The van der Waals surface area contributed by atoms with Crippen LogP contribution in [0.1, 0.15) is 16.0 Å². The Labute approximate surface area is 181 Å². The fraction of sp³-hybridized carbons (Fsp3) is 0.421. The van der Waals surface area contributed by atoms with E-state index in [-0.39, 0.29) is 36.8 Å². The van der Waals surface area contributed by atoms with Crippen LogP contribution < -0.4 is 5.32 Å². The summed E-state index contributed by atoms with van der Waals surface area (Å²) in [5.74, 6) is 0.244. The topological polar surface area (TPSA) is 35.6 Å². The molecule has 0 radical (unpaired) electrons. The Hall–Kier alpha value is -0.820. The zero-order valence-corrected chi connectivity index (χ0v) is 18.1. The minimum Gasteiger partial charge on any atom is -0.339 e. The molecule has 4 rings (SSSR count). The van der Waals surface area contributed by atoms with Crippen LogP contribution in [0.4, 0.5) is 0 Å². The quantitative estimate of drug-likeness (QED) is 0.779. The number of piperazine rings is 1. The predicted molar refractivity (Wildman–Crippen MR) is 116 cm³/mol. The number of nitrogens with zero attached hydrogens (tertiary/aromatic N) is 2. The van der Waals surface area contributed by atoms with Crippen LogP contribution >= 0.6 is 47.8 Å². The third-order valence-electron chi connectivity index (χ3n) is 5.07. The van der Waals surface area contributed by atoms with Crippen molar-refractivity contribution in [3.8, 4) is 0 Å². The van der Waals surface area contributed by atoms with Gasteiger partial charge >= 0.3 is 0 Å². The van der Waals surface area contributed by atoms with Crippen molar-refractivity contribution in [3.05, 3.63) is 56.7 Å². The summed E-state index contributed by atoms with van der Waals surface area (Å²) in [7, 11) is 0. The van der Waals surface area contributed by atoms with Gasteiger partial charge in [0.05, 0.1) is 10.4 Å². The highest BCUT2D eigenvalue weighted by molar-refractivity contribution is 7.16. The maximum Gasteiger partial charge on any atom is 0.240 e. The second-order valence-electron chi connectivity index (χ2n) is 6.71. The number of benzene rings is 1. The first-order valence-corrected chi connectivity index (χ1v) is 9.94. The van der Waals surface area contributed by atoms with Crippen LogP contribution in [0.15, 0.2) is 36.4 Å². The molecule has 1 atom stereocenters. The van der Waals surface area contributed by atoms with Crippen LogP contribution in [0, 0.1) is 0 Å². The molecule has 148 valence electrons. The van der Waals surface area contributed by atoms with E-state index in [1.807, 2.05) is 11.0 Å². The highest BCUT2D eigenvalue weighted by Gasteiger charge is 2.29. The molecule has 2 aliphatic rings. The second kappa shape index (κ2) is 10.1. The van der Waals surface area contributed by atoms with Crippen molar-refractivity contribution in [1.29, 1.82) is 0 Å². The molecule has 0 aliphatic carbocycles. The van der Waals surface area contributed by atoms with Gasteiger partial charge in [0.25, 0.3) is 0 Å². The van der Waals surface area contributed by atoms with Crippen molar-refractivity contribution in [2.45, 2.75) is 25.6 Å². The number of rotatable bonds is 3. The van der Waals surface area contributed by atoms with Crippen LogP contribution in [0.25, 0.3) is 0 Å². The molecule has 1 aromatic heterocycles. The van der Waals surface area contributed by atoms with Crippen molar-refractivity contribution in [1.82, 2.24) is 15.1 Å². The SMILES string of the molecule is Cl.Cl.O=C(C1Cc2ccccc2CN1)N1CCN(Cc2ccc(Cl)s2)CC1. The number of hydrogen-bond acceptors (Lipinski definition) is 4. The summed E-state index contributed by atoms with van der Waals surface area (Å²) in [6, 6.07) is 12.3. The molecule has 1 amide bonds. The Bertz CT molecular complexity index is 762. The van der Waals surface area contributed by atoms with Crippen LogP contribution in [0.5, 0.6) is 0 Å². The molecule has 1 saturated heterocycles. The van der Waals surface area contributed by atoms with E-state index in [0.29, 0.717) is 0 Å². The maximum absolute atomic E-state index is 12.9. The number of carbonyl (C=O) groups is 1. The zero-order chi connectivity index (χ0) is 17.2. The lowest BCUT2D eigenvalue weighted by molar-refractivity contribution is -0.135. The van der Waals surface area contributed by atoms with E-state index in [0.717, 1.165) is 50.0 Å². The summed E-state index contributed by atoms with van der Waals surface area (Å²) in [6.07, 6.45) is 0.795. The first-order valence-electron chi connectivity index (χ1n) is 8.74. The Balaban J connectivity index is 0.00000131. The van der Waals surface area contributed by atoms with Gasteiger partial charge in [0.2, 0.25) is 5.91 Å². The molecular formula is C19H24Cl3N3OS. The number of fused-ring (bicyclic) bond motifs is 1. The number of nitrogens with one attached hydrogen (secondary N) is 1. The van der Waals surface area contributed by atoms with Crippen LogP contribution in [0.2, 0.25) is 4.34 Å². The van der Waals surface area contributed by atoms with Gasteiger partial charge in [-0.2, -0.15) is 0 Å². The number of carbonyl (C=O) groups excluding carboxylic acids is 1. The molecule has 0 saturated carbocycles. The van der Waals surface area contributed by atoms with Crippen molar-refractivity contribution in [2.24, 2.45) is 0 Å². The van der Waals surface area contributed by atoms with E-state index in [4.69, 9.17) is 11.6 Å². The standard InChI is InChI=1S/C19H22ClN3OS.2ClH/c20-18-6-5-16(25-18)13-22-7-9-23(10-8-22)19(24)17-11-14-3-1-2-4-15(14)12-21-17;;/h1-6,17,21H,7-13H2;2*1H. The van der Waals surface area contributed by atoms with Gasteiger partial charge in [-0.15, -0.1) is 36.2 Å². The third-order valence-corrected chi connectivity index (χ3v) is 6.29. The summed E-state index contributed by atoms with van der Waals surface area (Å²) < 4.78 is 0.840. The molecule has 0 spiro atoms. The van der Waals surface area contributed by atoms with Gasteiger partial charge in [-0.05, 0) is 29.7 Å². The molecule has 4 nitrogen and oxygen atoms in total. The Morgan fingerprint density at radius 2 is 1.78 bits per heavy atom. The molecule has 0 bridgehead atoms. The zero-order valence-electron chi connectivity index (χ0n) is 14.9. The Morgan fingerprint density at radius 1 is 1.07 bits per heavy atom. The Kier molecular flexibility index (Phi) is 8.40. The lowest BCUT2D eigenvalue weighted by atomic mass is 9.95. The first kappa shape index (κ1) is 22.5. The number of thiophene rings is 1. The third kappa shape index (κ3) is 5.37. The van der Waals surface area contributed by atoms with Crippen molar-refractivity contribution < 1.29 is 4.79 Å². The van der Waals surface area contributed by atoms with Gasteiger partial charge in [-0.3, -0.25) is 9.69 Å². The number of amides is 1. The van der Waals surface area contributed by atoms with E-state index in [9.17, 15) is 4.79 Å². The minimum absolute atomic E-state index is 0. The molecule has 1 aromatic carbocycles. The fourth-order valence-corrected chi connectivity index (χ4v) is 4.76. The van der Waals surface area contributed by atoms with E-state index >= 15 is 0 Å². The molecule has 1 fully saturated rings. The van der Waals surface area contributed by atoms with E-state index in [2.05, 4.69) is 40.5 Å². The summed E-state index contributed by atoms with van der Waals surface area (Å²) in [5, 5.41) is 3.41. The van der Waals surface area contributed by atoms with Gasteiger partial charge in [0.15, 0.2) is 0 Å². The lowest BCUT2D eigenvalue weighted by Gasteiger charge is -2.37. The molecule has 3 heterocycles. The van der Waals surface area contributed by atoms with Crippen LogP contribution in [-0.4, -0.2) is 47.9 Å². The summed E-state index contributed by atoms with van der Waals surface area (Å²) in [6.45, 7) is 5.16. The Morgan fingerprint density at radius 3 is 2.44 bits per heavy atom. The normalized spacial score (nSPS) is 19.6. The van der Waals surface area contributed by atoms with Crippen molar-refractivity contribution >= 4 is 53.7 Å². The summed E-state index contributed by atoms with van der Waals surface area (Å²) in [5.41, 5.74) is 2.61. The van der Waals surface area contributed by atoms with Crippen LogP contribution in [0.3, 0.4) is 0 Å². The van der Waals surface area contributed by atoms with Gasteiger partial charge in [-0.25, -0.2) is 0 Å². The van der Waals surface area contributed by atoms with Gasteiger partial charge in [0.1, 0.15) is 0 Å². The van der Waals surface area contributed by atoms with E-state index in [1.54, 1.807) is 11.3 Å². The largest absolute Gasteiger partial charge is 0.339 e. The monoisotopic (exact) mass is 447 g/mol. The number of halogens is 3. The highest BCUT2D eigenvalue weighted by atomic mass is 35.5. The molecular weight excluding hydrogens is 425 g/mol. The van der Waals surface area contributed by atoms with Crippen molar-refractivity contribution in [2.75, 3.05) is 26.2 Å². The fourth-order valence-electron chi connectivity index (χ4n) is 3.63. The maximum atomic E-state index is 12.9. The average molecular weight is 449 g/mol. The average Bonchev–Trinajstić information content (AvgIpc) is 3.06. The van der Waals surface area contributed by atoms with Crippen molar-refractivity contribution in [3.63, 3.8) is 0 Å². The van der Waals surface area contributed by atoms with Crippen LogP contribution in [-0.2, 0) is 24.3 Å². The van der Waals surface area contributed by atoms with E-state index < -0.39 is 0 Å². The minimum atomic E-state index is -0.0856.